The van der Waals surface area contributed by atoms with E-state index >= 15 is 0 Å². The van der Waals surface area contributed by atoms with Gasteiger partial charge in [0.15, 0.2) is 0 Å². The first-order valence-corrected chi connectivity index (χ1v) is 7.04. The average Bonchev–Trinajstić information content (AvgIpc) is 2.87. The highest BCUT2D eigenvalue weighted by Gasteiger charge is 2.13. The second kappa shape index (κ2) is 6.53. The number of hydrogen-bond acceptors (Lipinski definition) is 2. The van der Waals surface area contributed by atoms with Gasteiger partial charge in [0.1, 0.15) is 0 Å². The zero-order chi connectivity index (χ0) is 13.7. The lowest BCUT2D eigenvalue weighted by atomic mass is 10.00. The number of nitrogens with one attached hydrogen (secondary N) is 1. The number of aromatic nitrogens is 2. The van der Waals surface area contributed by atoms with Crippen molar-refractivity contribution >= 4 is 0 Å². The Morgan fingerprint density at radius 1 is 1.32 bits per heavy atom. The van der Waals surface area contributed by atoms with Crippen molar-refractivity contribution in [3.8, 4) is 0 Å². The van der Waals surface area contributed by atoms with Crippen molar-refractivity contribution in [1.29, 1.82) is 0 Å². The molecule has 102 valence electrons. The minimum Gasteiger partial charge on any atom is -0.310 e. The molecule has 0 fully saturated rings. The third kappa shape index (κ3) is 3.67. The van der Waals surface area contributed by atoms with Crippen LogP contribution in [-0.2, 0) is 13.0 Å². The van der Waals surface area contributed by atoms with Crippen molar-refractivity contribution in [2.24, 2.45) is 0 Å². The van der Waals surface area contributed by atoms with E-state index in [1.807, 2.05) is 10.9 Å². The van der Waals surface area contributed by atoms with Crippen LogP contribution in [0.4, 0.5) is 0 Å². The maximum absolute atomic E-state index is 4.37. The van der Waals surface area contributed by atoms with Gasteiger partial charge in [-0.15, -0.1) is 0 Å². The second-order valence-corrected chi connectivity index (χ2v) is 4.93. The Morgan fingerprint density at radius 3 is 2.79 bits per heavy atom. The van der Waals surface area contributed by atoms with Crippen molar-refractivity contribution < 1.29 is 0 Å². The molecule has 2 rings (SSSR count). The minimum atomic E-state index is 0.340. The maximum atomic E-state index is 4.37. The third-order valence-corrected chi connectivity index (χ3v) is 3.35. The number of hydrogen-bond donors (Lipinski definition) is 1. The third-order valence-electron chi connectivity index (χ3n) is 3.35. The SMILES string of the molecule is CCNC(Cc1cccc(C)c1)c1cnn(CC)c1. The molecule has 2 aromatic rings. The van der Waals surface area contributed by atoms with Crippen molar-refractivity contribution in [1.82, 2.24) is 15.1 Å². The Morgan fingerprint density at radius 2 is 2.16 bits per heavy atom. The Kier molecular flexibility index (Phi) is 4.74. The molecule has 0 aliphatic rings. The molecule has 3 heteroatoms. The van der Waals surface area contributed by atoms with Gasteiger partial charge >= 0.3 is 0 Å². The zero-order valence-corrected chi connectivity index (χ0v) is 12.1. The van der Waals surface area contributed by atoms with E-state index < -0.39 is 0 Å². The number of aryl methyl sites for hydroxylation is 2. The quantitative estimate of drug-likeness (QED) is 0.861. The van der Waals surface area contributed by atoms with Gasteiger partial charge < -0.3 is 5.32 Å². The molecule has 0 bridgehead atoms. The molecule has 0 amide bonds. The van der Waals surface area contributed by atoms with Gasteiger partial charge in [-0.3, -0.25) is 4.68 Å². The van der Waals surface area contributed by atoms with Crippen LogP contribution in [0.25, 0.3) is 0 Å². The van der Waals surface area contributed by atoms with Crippen LogP contribution in [0.3, 0.4) is 0 Å². The summed E-state index contributed by atoms with van der Waals surface area (Å²) in [6.45, 7) is 8.28. The first-order chi connectivity index (χ1) is 9.22. The molecule has 1 aromatic heterocycles. The molecule has 1 aromatic carbocycles. The minimum absolute atomic E-state index is 0.340. The first-order valence-electron chi connectivity index (χ1n) is 7.04. The van der Waals surface area contributed by atoms with Crippen molar-refractivity contribution in [2.75, 3.05) is 6.54 Å². The molecule has 1 unspecified atom stereocenters. The fourth-order valence-corrected chi connectivity index (χ4v) is 2.36. The Labute approximate surface area is 115 Å². The van der Waals surface area contributed by atoms with Crippen LogP contribution >= 0.6 is 0 Å². The molecule has 0 aliphatic carbocycles. The Hall–Kier alpha value is -1.61. The van der Waals surface area contributed by atoms with E-state index in [9.17, 15) is 0 Å². The van der Waals surface area contributed by atoms with Crippen LogP contribution < -0.4 is 5.32 Å². The maximum Gasteiger partial charge on any atom is 0.0537 e. The van der Waals surface area contributed by atoms with Crippen LogP contribution in [0, 0.1) is 6.92 Å². The predicted octanol–water partition coefficient (Wildman–Crippen LogP) is 3.10. The van der Waals surface area contributed by atoms with Crippen LogP contribution in [0.5, 0.6) is 0 Å². The number of rotatable bonds is 6. The smallest absolute Gasteiger partial charge is 0.0537 e. The summed E-state index contributed by atoms with van der Waals surface area (Å²) in [6.07, 6.45) is 5.13. The average molecular weight is 257 g/mol. The lowest BCUT2D eigenvalue weighted by Crippen LogP contribution is -2.22. The summed E-state index contributed by atoms with van der Waals surface area (Å²) in [5.74, 6) is 0. The van der Waals surface area contributed by atoms with E-state index in [1.165, 1.54) is 16.7 Å². The largest absolute Gasteiger partial charge is 0.310 e. The fourth-order valence-electron chi connectivity index (χ4n) is 2.36. The normalized spacial score (nSPS) is 12.6. The molecular weight excluding hydrogens is 234 g/mol. The molecule has 0 aliphatic heterocycles. The van der Waals surface area contributed by atoms with Crippen LogP contribution in [0.1, 0.15) is 36.6 Å². The summed E-state index contributed by atoms with van der Waals surface area (Å²) in [6, 6.07) is 9.06. The lowest BCUT2D eigenvalue weighted by molar-refractivity contribution is 0.548. The summed E-state index contributed by atoms with van der Waals surface area (Å²) >= 11 is 0. The summed E-state index contributed by atoms with van der Waals surface area (Å²) in [7, 11) is 0. The van der Waals surface area contributed by atoms with E-state index in [1.54, 1.807) is 0 Å². The molecular formula is C16H23N3. The highest BCUT2D eigenvalue weighted by molar-refractivity contribution is 5.25. The fraction of sp³-hybridized carbons (Fsp3) is 0.438. The van der Waals surface area contributed by atoms with Gasteiger partial charge in [-0.2, -0.15) is 5.10 Å². The van der Waals surface area contributed by atoms with Gasteiger partial charge in [0.05, 0.1) is 6.20 Å². The molecule has 19 heavy (non-hydrogen) atoms. The Bertz CT molecular complexity index is 516. The van der Waals surface area contributed by atoms with Gasteiger partial charge in [0, 0.05) is 24.3 Å². The standard InChI is InChI=1S/C16H23N3/c1-4-17-16(15-11-18-19(5-2)12-15)10-14-8-6-7-13(3)9-14/h6-9,11-12,16-17H,4-5,10H2,1-3H3. The molecule has 0 saturated heterocycles. The monoisotopic (exact) mass is 257 g/mol. The van der Waals surface area contributed by atoms with Gasteiger partial charge in [-0.25, -0.2) is 0 Å². The van der Waals surface area contributed by atoms with E-state index in [0.29, 0.717) is 6.04 Å². The van der Waals surface area contributed by atoms with Gasteiger partial charge in [0.2, 0.25) is 0 Å². The number of benzene rings is 1. The van der Waals surface area contributed by atoms with Crippen molar-refractivity contribution in [3.05, 3.63) is 53.3 Å². The molecule has 1 heterocycles. The zero-order valence-electron chi connectivity index (χ0n) is 12.1. The molecule has 0 saturated carbocycles. The van der Waals surface area contributed by atoms with Gasteiger partial charge in [0.25, 0.3) is 0 Å². The molecule has 0 radical (unpaired) electrons. The first kappa shape index (κ1) is 13.8. The molecule has 3 nitrogen and oxygen atoms in total. The molecule has 1 atom stereocenters. The van der Waals surface area contributed by atoms with Crippen LogP contribution in [0.15, 0.2) is 36.7 Å². The summed E-state index contributed by atoms with van der Waals surface area (Å²) in [4.78, 5) is 0. The Balaban J connectivity index is 2.15. The van der Waals surface area contributed by atoms with Gasteiger partial charge in [-0.05, 0) is 32.4 Å². The topological polar surface area (TPSA) is 29.9 Å². The van der Waals surface area contributed by atoms with E-state index in [2.05, 4.69) is 61.6 Å². The van der Waals surface area contributed by atoms with Gasteiger partial charge in [-0.1, -0.05) is 36.8 Å². The van der Waals surface area contributed by atoms with E-state index in [-0.39, 0.29) is 0 Å². The second-order valence-electron chi connectivity index (χ2n) is 4.93. The van der Waals surface area contributed by atoms with Crippen molar-refractivity contribution in [2.45, 2.75) is 39.8 Å². The molecule has 0 spiro atoms. The highest BCUT2D eigenvalue weighted by Crippen LogP contribution is 2.18. The number of likely N-dealkylation sites (N-methyl/N-ethyl adjacent to an activating group) is 1. The van der Waals surface area contributed by atoms with Crippen molar-refractivity contribution in [3.63, 3.8) is 0 Å². The van der Waals surface area contributed by atoms with Crippen LogP contribution in [-0.4, -0.2) is 16.3 Å². The van der Waals surface area contributed by atoms with Crippen LogP contribution in [0.2, 0.25) is 0 Å². The molecule has 1 N–H and O–H groups in total. The summed E-state index contributed by atoms with van der Waals surface area (Å²) in [5.41, 5.74) is 3.96. The van der Waals surface area contributed by atoms with E-state index in [4.69, 9.17) is 0 Å². The lowest BCUT2D eigenvalue weighted by Gasteiger charge is -2.16. The summed E-state index contributed by atoms with van der Waals surface area (Å²) < 4.78 is 1.98. The number of nitrogens with zero attached hydrogens (tertiary/aromatic N) is 2. The van der Waals surface area contributed by atoms with E-state index in [0.717, 1.165) is 19.5 Å². The summed E-state index contributed by atoms with van der Waals surface area (Å²) in [5, 5.41) is 7.92. The highest BCUT2D eigenvalue weighted by atomic mass is 15.3. The predicted molar refractivity (Wildman–Crippen MR) is 79.2 cm³/mol.